The number of nitrogens with one attached hydrogen (secondary N) is 3. The summed E-state index contributed by atoms with van der Waals surface area (Å²) in [7, 11) is 0. The highest BCUT2D eigenvalue weighted by Crippen LogP contribution is 2.16. The van der Waals surface area contributed by atoms with Crippen molar-refractivity contribution >= 4 is 24.5 Å². The minimum Gasteiger partial charge on any atom is -0.356 e. The molecular formula is C26H43N3O4. The fourth-order valence-corrected chi connectivity index (χ4v) is 3.58. The first-order chi connectivity index (χ1) is 15.8. The molecule has 1 heterocycles. The summed E-state index contributed by atoms with van der Waals surface area (Å²) in [5, 5.41) is 8.54. The number of hydrogen-bond donors (Lipinski definition) is 3. The Labute approximate surface area is 199 Å². The van der Waals surface area contributed by atoms with Crippen LogP contribution in [0.25, 0.3) is 0 Å². The smallest absolute Gasteiger partial charge is 0.242 e. The lowest BCUT2D eigenvalue weighted by molar-refractivity contribution is -0.131. The van der Waals surface area contributed by atoms with Gasteiger partial charge in [-0.05, 0) is 44.1 Å². The van der Waals surface area contributed by atoms with E-state index in [-0.39, 0.29) is 29.6 Å². The van der Waals surface area contributed by atoms with Gasteiger partial charge in [-0.25, -0.2) is 0 Å². The summed E-state index contributed by atoms with van der Waals surface area (Å²) in [6, 6.07) is 9.61. The van der Waals surface area contributed by atoms with E-state index in [1.807, 2.05) is 51.0 Å². The van der Waals surface area contributed by atoms with Gasteiger partial charge in [0.05, 0.1) is 0 Å². The lowest BCUT2D eigenvalue weighted by atomic mass is 9.93. The van der Waals surface area contributed by atoms with Gasteiger partial charge in [0, 0.05) is 24.9 Å². The zero-order valence-corrected chi connectivity index (χ0v) is 21.0. The van der Waals surface area contributed by atoms with Crippen LogP contribution in [-0.2, 0) is 25.6 Å². The Morgan fingerprint density at radius 2 is 1.76 bits per heavy atom. The first-order valence-electron chi connectivity index (χ1n) is 12.0. The summed E-state index contributed by atoms with van der Waals surface area (Å²) in [4.78, 5) is 43.4. The molecule has 7 heteroatoms. The number of rotatable bonds is 10. The van der Waals surface area contributed by atoms with Gasteiger partial charge < -0.3 is 20.7 Å². The molecule has 186 valence electrons. The molecule has 0 radical (unpaired) electrons. The van der Waals surface area contributed by atoms with Crippen molar-refractivity contribution in [1.29, 1.82) is 0 Å². The number of amides is 3. The number of carbonyl (C=O) groups excluding carboxylic acids is 4. The van der Waals surface area contributed by atoms with Crippen LogP contribution >= 0.6 is 0 Å². The largest absolute Gasteiger partial charge is 0.356 e. The molecule has 1 saturated heterocycles. The Morgan fingerprint density at radius 1 is 1.12 bits per heavy atom. The van der Waals surface area contributed by atoms with Crippen LogP contribution in [0.15, 0.2) is 30.3 Å². The van der Waals surface area contributed by atoms with E-state index in [4.69, 9.17) is 4.79 Å². The molecule has 1 aliphatic rings. The Bertz CT molecular complexity index is 694. The second-order valence-corrected chi connectivity index (χ2v) is 8.74. The Hall–Kier alpha value is -2.70. The number of likely N-dealkylation sites (N-methyl/N-ethyl adjacent to an activating group) is 1. The molecule has 1 fully saturated rings. The molecule has 0 aromatic heterocycles. The van der Waals surface area contributed by atoms with Crippen LogP contribution in [0.1, 0.15) is 65.9 Å². The normalized spacial score (nSPS) is 16.3. The molecule has 3 unspecified atom stereocenters. The van der Waals surface area contributed by atoms with Crippen molar-refractivity contribution in [2.75, 3.05) is 13.1 Å². The number of benzene rings is 1. The molecule has 3 amide bonds. The molecule has 0 aliphatic carbocycles. The Kier molecular flexibility index (Phi) is 16.4. The van der Waals surface area contributed by atoms with Gasteiger partial charge in [0.2, 0.25) is 17.7 Å². The first kappa shape index (κ1) is 30.3. The van der Waals surface area contributed by atoms with Gasteiger partial charge in [0.25, 0.3) is 0 Å². The van der Waals surface area contributed by atoms with Crippen molar-refractivity contribution in [2.24, 2.45) is 17.8 Å². The second-order valence-electron chi connectivity index (χ2n) is 8.74. The van der Waals surface area contributed by atoms with Crippen LogP contribution in [0.2, 0.25) is 0 Å². The van der Waals surface area contributed by atoms with Crippen molar-refractivity contribution in [3.63, 3.8) is 0 Å². The van der Waals surface area contributed by atoms with Crippen molar-refractivity contribution in [1.82, 2.24) is 16.0 Å². The Morgan fingerprint density at radius 3 is 2.18 bits per heavy atom. The molecule has 3 N–H and O–H groups in total. The summed E-state index contributed by atoms with van der Waals surface area (Å²) >= 11 is 0. The van der Waals surface area contributed by atoms with E-state index in [1.165, 1.54) is 0 Å². The average molecular weight is 462 g/mol. The predicted molar refractivity (Wildman–Crippen MR) is 133 cm³/mol. The van der Waals surface area contributed by atoms with Gasteiger partial charge in [-0.2, -0.15) is 0 Å². The van der Waals surface area contributed by atoms with Gasteiger partial charge >= 0.3 is 0 Å². The standard InChI is InChI=1S/C20H32N2O2.C5H9NO.CH2O/c1-5-10-17(14-16-11-8-7-9-12-16)19(23)22-18(13-15(3)4)20(24)21-6-2;1-4-2-3-6-5(4)7;1-2/h7-9,11-12,15,17-18H,5-6,10,13-14H2,1-4H3,(H,21,24)(H,22,23);4H,2-3H2,1H3,(H,6,7);1H2. The molecule has 1 aliphatic heterocycles. The molecule has 3 atom stereocenters. The molecule has 0 saturated carbocycles. The lowest BCUT2D eigenvalue weighted by Crippen LogP contribution is -2.49. The Balaban J connectivity index is 0.000000950. The average Bonchev–Trinajstić information content (AvgIpc) is 3.17. The maximum absolute atomic E-state index is 12.7. The van der Waals surface area contributed by atoms with E-state index < -0.39 is 6.04 Å². The quantitative estimate of drug-likeness (QED) is 0.497. The summed E-state index contributed by atoms with van der Waals surface area (Å²) in [5.41, 5.74) is 1.16. The van der Waals surface area contributed by atoms with Crippen LogP contribution < -0.4 is 16.0 Å². The molecule has 7 nitrogen and oxygen atoms in total. The van der Waals surface area contributed by atoms with Crippen molar-refractivity contribution in [3.05, 3.63) is 35.9 Å². The molecule has 1 aromatic carbocycles. The molecular weight excluding hydrogens is 418 g/mol. The zero-order valence-electron chi connectivity index (χ0n) is 21.0. The van der Waals surface area contributed by atoms with Crippen LogP contribution in [-0.4, -0.2) is 43.6 Å². The minimum atomic E-state index is -0.451. The van der Waals surface area contributed by atoms with Gasteiger partial charge in [-0.15, -0.1) is 0 Å². The van der Waals surface area contributed by atoms with Crippen LogP contribution in [0.4, 0.5) is 0 Å². The molecule has 0 bridgehead atoms. The van der Waals surface area contributed by atoms with E-state index in [9.17, 15) is 14.4 Å². The third-order valence-corrected chi connectivity index (χ3v) is 5.35. The van der Waals surface area contributed by atoms with E-state index in [0.717, 1.165) is 31.4 Å². The summed E-state index contributed by atoms with van der Waals surface area (Å²) in [6.45, 7) is 13.5. The third-order valence-electron chi connectivity index (χ3n) is 5.35. The van der Waals surface area contributed by atoms with Gasteiger partial charge in [0.15, 0.2) is 0 Å². The molecule has 2 rings (SSSR count). The first-order valence-corrected chi connectivity index (χ1v) is 12.0. The summed E-state index contributed by atoms with van der Waals surface area (Å²) in [6.07, 6.45) is 4.15. The highest BCUT2D eigenvalue weighted by Gasteiger charge is 2.25. The fraction of sp³-hybridized carbons (Fsp3) is 0.615. The molecule has 1 aromatic rings. The fourth-order valence-electron chi connectivity index (χ4n) is 3.58. The number of hydrogen-bond acceptors (Lipinski definition) is 4. The van der Waals surface area contributed by atoms with Crippen molar-refractivity contribution in [3.8, 4) is 0 Å². The SMILES string of the molecule is C=O.CC1CCNC1=O.CCCC(Cc1ccccc1)C(=O)NC(CC(C)C)C(=O)NCC. The third kappa shape index (κ3) is 12.8. The maximum Gasteiger partial charge on any atom is 0.242 e. The van der Waals surface area contributed by atoms with Crippen LogP contribution in [0, 0.1) is 17.8 Å². The van der Waals surface area contributed by atoms with E-state index in [0.29, 0.717) is 25.3 Å². The topological polar surface area (TPSA) is 104 Å². The highest BCUT2D eigenvalue weighted by atomic mass is 16.2. The maximum atomic E-state index is 12.7. The number of carbonyl (C=O) groups is 4. The van der Waals surface area contributed by atoms with Gasteiger partial charge in [0.1, 0.15) is 12.8 Å². The van der Waals surface area contributed by atoms with E-state index >= 15 is 0 Å². The summed E-state index contributed by atoms with van der Waals surface area (Å²) in [5.74, 6) is 0.616. The van der Waals surface area contributed by atoms with Crippen molar-refractivity contribution in [2.45, 2.75) is 72.8 Å². The van der Waals surface area contributed by atoms with E-state index in [1.54, 1.807) is 0 Å². The monoisotopic (exact) mass is 461 g/mol. The predicted octanol–water partition coefficient (Wildman–Crippen LogP) is 3.27. The highest BCUT2D eigenvalue weighted by molar-refractivity contribution is 5.88. The van der Waals surface area contributed by atoms with Crippen LogP contribution in [0.5, 0.6) is 0 Å². The van der Waals surface area contributed by atoms with Gasteiger partial charge in [-0.3, -0.25) is 14.4 Å². The molecule has 33 heavy (non-hydrogen) atoms. The summed E-state index contributed by atoms with van der Waals surface area (Å²) < 4.78 is 0. The lowest BCUT2D eigenvalue weighted by Gasteiger charge is -2.23. The van der Waals surface area contributed by atoms with Crippen LogP contribution in [0.3, 0.4) is 0 Å². The van der Waals surface area contributed by atoms with E-state index in [2.05, 4.69) is 36.7 Å². The molecule has 0 spiro atoms. The minimum absolute atomic E-state index is 0.0161. The second kappa shape index (κ2) is 17.8. The van der Waals surface area contributed by atoms with Crippen molar-refractivity contribution < 1.29 is 19.2 Å². The zero-order chi connectivity index (χ0) is 25.2. The van der Waals surface area contributed by atoms with Gasteiger partial charge in [-0.1, -0.05) is 64.4 Å².